The van der Waals surface area contributed by atoms with Gasteiger partial charge in [0.15, 0.2) is 6.10 Å². The lowest BCUT2D eigenvalue weighted by molar-refractivity contribution is -0.155. The van der Waals surface area contributed by atoms with Crippen LogP contribution in [-0.4, -0.2) is 28.7 Å². The zero-order valence-electron chi connectivity index (χ0n) is 22.5. The minimum atomic E-state index is -0.962. The summed E-state index contributed by atoms with van der Waals surface area (Å²) in [4.78, 5) is 45.6. The molecule has 7 rings (SSSR count). The number of rotatable bonds is 5. The highest BCUT2D eigenvalue weighted by Gasteiger charge is 2.65. The number of fused-ring (bicyclic) bond motifs is 5. The topological polar surface area (TPSA) is 66.9 Å². The lowest BCUT2D eigenvalue weighted by atomic mass is 9.84. The molecule has 4 atom stereocenters. The third-order valence-corrected chi connectivity index (χ3v) is 8.43. The van der Waals surface area contributed by atoms with Crippen LogP contribution >= 0.6 is 0 Å². The van der Waals surface area contributed by atoms with Crippen molar-refractivity contribution < 1.29 is 19.1 Å². The Labute approximate surface area is 238 Å². The van der Waals surface area contributed by atoms with E-state index in [1.54, 1.807) is 12.1 Å². The minimum Gasteiger partial charge on any atom is -0.451 e. The summed E-state index contributed by atoms with van der Waals surface area (Å²) in [5, 5.41) is 0. The predicted octanol–water partition coefficient (Wildman–Crippen LogP) is 5.84. The van der Waals surface area contributed by atoms with Gasteiger partial charge in [0.25, 0.3) is 0 Å². The van der Waals surface area contributed by atoms with E-state index in [1.165, 1.54) is 4.90 Å². The quantitative estimate of drug-likeness (QED) is 0.235. The molecule has 4 aromatic rings. The van der Waals surface area contributed by atoms with E-state index in [4.69, 9.17) is 4.74 Å². The molecule has 2 saturated heterocycles. The lowest BCUT2D eigenvalue weighted by Crippen LogP contribution is -2.45. The van der Waals surface area contributed by atoms with Gasteiger partial charge >= 0.3 is 5.97 Å². The normalized spacial score (nSPS) is 22.5. The van der Waals surface area contributed by atoms with Crippen molar-refractivity contribution in [1.82, 2.24) is 4.90 Å². The van der Waals surface area contributed by atoms with Gasteiger partial charge < -0.3 is 9.64 Å². The third kappa shape index (κ3) is 4.06. The van der Waals surface area contributed by atoms with E-state index in [9.17, 15) is 14.4 Å². The Morgan fingerprint density at radius 3 is 1.98 bits per heavy atom. The van der Waals surface area contributed by atoms with Gasteiger partial charge in [-0.1, -0.05) is 103 Å². The van der Waals surface area contributed by atoms with Crippen molar-refractivity contribution in [2.24, 2.45) is 11.8 Å². The van der Waals surface area contributed by atoms with Gasteiger partial charge in [0.1, 0.15) is 6.04 Å². The van der Waals surface area contributed by atoms with Crippen LogP contribution in [0.2, 0.25) is 0 Å². The fraction of sp³-hybridized carbons (Fsp3) is 0.171. The summed E-state index contributed by atoms with van der Waals surface area (Å²) in [6.45, 7) is 1.96. The minimum absolute atomic E-state index is 0.290. The van der Waals surface area contributed by atoms with Crippen LogP contribution in [0.1, 0.15) is 40.0 Å². The number of imide groups is 1. The number of anilines is 1. The van der Waals surface area contributed by atoms with E-state index in [2.05, 4.69) is 0 Å². The molecule has 2 amide bonds. The monoisotopic (exact) mass is 540 g/mol. The molecule has 202 valence electrons. The fourth-order valence-corrected chi connectivity index (χ4v) is 6.55. The van der Waals surface area contributed by atoms with Crippen molar-refractivity contribution in [2.75, 3.05) is 4.90 Å². The van der Waals surface area contributed by atoms with Crippen molar-refractivity contribution in [2.45, 2.75) is 25.1 Å². The van der Waals surface area contributed by atoms with Crippen LogP contribution < -0.4 is 4.90 Å². The maximum atomic E-state index is 14.3. The zero-order chi connectivity index (χ0) is 28.1. The summed E-state index contributed by atoms with van der Waals surface area (Å²) in [7, 11) is 0. The van der Waals surface area contributed by atoms with E-state index in [1.807, 2.05) is 121 Å². The number of aryl methyl sites for hydroxylation is 1. The van der Waals surface area contributed by atoms with Gasteiger partial charge in [-0.2, -0.15) is 0 Å². The van der Waals surface area contributed by atoms with Crippen LogP contribution in [0, 0.1) is 18.8 Å². The predicted molar refractivity (Wildman–Crippen MR) is 155 cm³/mol. The Balaban J connectivity index is 1.31. The van der Waals surface area contributed by atoms with Gasteiger partial charge in [-0.05, 0) is 47.4 Å². The summed E-state index contributed by atoms with van der Waals surface area (Å²) in [5.74, 6) is -2.80. The summed E-state index contributed by atoms with van der Waals surface area (Å²) >= 11 is 0. The van der Waals surface area contributed by atoms with Gasteiger partial charge in [0, 0.05) is 6.20 Å². The molecule has 3 heterocycles. The summed E-state index contributed by atoms with van der Waals surface area (Å²) in [5.41, 5.74) is 5.10. The van der Waals surface area contributed by atoms with E-state index in [-0.39, 0.29) is 11.8 Å². The maximum Gasteiger partial charge on any atom is 0.330 e. The zero-order valence-corrected chi connectivity index (χ0v) is 22.5. The number of carbonyl (C=O) groups excluding carboxylic acids is 3. The highest BCUT2D eigenvalue weighted by Crippen LogP contribution is 2.53. The summed E-state index contributed by atoms with van der Waals surface area (Å²) in [6.07, 6.45) is 3.11. The Morgan fingerprint density at radius 2 is 1.32 bits per heavy atom. The SMILES string of the molecule is Cc1ccc(N2C(=O)[C@H]3[C@@H](C2=O)C2c4ccccc4C=CN2[C@H]3C(=O)OC(c2ccccc2)c2ccccc2)cc1. The largest absolute Gasteiger partial charge is 0.451 e. The van der Waals surface area contributed by atoms with Crippen LogP contribution in [0.15, 0.2) is 115 Å². The molecule has 0 aromatic heterocycles. The highest BCUT2D eigenvalue weighted by atomic mass is 16.5. The van der Waals surface area contributed by atoms with Crippen LogP contribution in [0.5, 0.6) is 0 Å². The maximum absolute atomic E-state index is 14.3. The molecule has 3 aliphatic heterocycles. The third-order valence-electron chi connectivity index (χ3n) is 8.43. The Kier molecular flexibility index (Phi) is 6.04. The van der Waals surface area contributed by atoms with Crippen molar-refractivity contribution in [3.63, 3.8) is 0 Å². The van der Waals surface area contributed by atoms with Gasteiger partial charge in [-0.3, -0.25) is 9.59 Å². The number of carbonyl (C=O) groups is 3. The van der Waals surface area contributed by atoms with Gasteiger partial charge in [0.05, 0.1) is 23.6 Å². The number of ether oxygens (including phenoxy) is 1. The van der Waals surface area contributed by atoms with Crippen LogP contribution in [0.3, 0.4) is 0 Å². The number of nitrogens with zero attached hydrogens (tertiary/aromatic N) is 2. The Morgan fingerprint density at radius 1 is 0.732 bits per heavy atom. The molecule has 1 unspecified atom stereocenters. The molecule has 3 aliphatic rings. The van der Waals surface area contributed by atoms with Crippen molar-refractivity contribution in [3.8, 4) is 0 Å². The molecule has 6 nitrogen and oxygen atoms in total. The molecule has 0 radical (unpaired) electrons. The molecule has 0 aliphatic carbocycles. The number of amides is 2. The first-order chi connectivity index (χ1) is 20.0. The number of esters is 1. The molecule has 2 fully saturated rings. The highest BCUT2D eigenvalue weighted by molar-refractivity contribution is 6.23. The summed E-state index contributed by atoms with van der Waals surface area (Å²) in [6, 6.07) is 32.9. The Hall–Kier alpha value is -4.97. The average molecular weight is 541 g/mol. The van der Waals surface area contributed by atoms with Crippen molar-refractivity contribution >= 4 is 29.5 Å². The van der Waals surface area contributed by atoms with Crippen molar-refractivity contribution in [1.29, 1.82) is 0 Å². The molecule has 0 N–H and O–H groups in total. The first kappa shape index (κ1) is 25.0. The van der Waals surface area contributed by atoms with Gasteiger partial charge in [0.2, 0.25) is 11.8 Å². The fourth-order valence-electron chi connectivity index (χ4n) is 6.55. The first-order valence-corrected chi connectivity index (χ1v) is 13.8. The Bertz CT molecular complexity index is 1630. The molecular formula is C35H28N2O4. The van der Waals surface area contributed by atoms with Crippen molar-refractivity contribution in [3.05, 3.63) is 143 Å². The van der Waals surface area contributed by atoms with E-state index >= 15 is 0 Å². The number of hydrogen-bond donors (Lipinski definition) is 0. The molecule has 41 heavy (non-hydrogen) atoms. The second-order valence-corrected chi connectivity index (χ2v) is 10.8. The van der Waals surface area contributed by atoms with Crippen LogP contribution in [0.4, 0.5) is 5.69 Å². The first-order valence-electron chi connectivity index (χ1n) is 13.8. The average Bonchev–Trinajstić information content (AvgIpc) is 3.49. The number of hydrogen-bond acceptors (Lipinski definition) is 5. The van der Waals surface area contributed by atoms with Gasteiger partial charge in [-0.15, -0.1) is 0 Å². The smallest absolute Gasteiger partial charge is 0.330 e. The second kappa shape index (κ2) is 9.89. The number of benzene rings is 4. The standard InChI is InChI=1S/C35H28N2O4/c1-22-16-18-26(19-17-22)37-33(38)28-29(34(37)39)31(36-21-20-23-10-8-9-15-27(23)30(28)36)35(40)41-32(24-11-4-2-5-12-24)25-13-6-3-7-14-25/h2-21,28-32H,1H3/t28-,29+,30?,31-/m1/s1. The van der Waals surface area contributed by atoms with E-state index < -0.39 is 36.0 Å². The second-order valence-electron chi connectivity index (χ2n) is 10.8. The van der Waals surface area contributed by atoms with E-state index in [0.717, 1.165) is 27.8 Å². The molecule has 0 spiro atoms. The molecule has 0 bridgehead atoms. The summed E-state index contributed by atoms with van der Waals surface area (Å²) < 4.78 is 6.30. The molecule has 4 aromatic carbocycles. The van der Waals surface area contributed by atoms with Gasteiger partial charge in [-0.25, -0.2) is 9.69 Å². The molecule has 0 saturated carbocycles. The lowest BCUT2D eigenvalue weighted by Gasteiger charge is -2.35. The van der Waals surface area contributed by atoms with Crippen LogP contribution in [-0.2, 0) is 19.1 Å². The van der Waals surface area contributed by atoms with E-state index in [0.29, 0.717) is 5.69 Å². The molecular weight excluding hydrogens is 512 g/mol. The van der Waals surface area contributed by atoms with Crippen LogP contribution in [0.25, 0.3) is 6.08 Å². The molecule has 6 heteroatoms.